The van der Waals surface area contributed by atoms with Crippen molar-refractivity contribution in [3.8, 4) is 0 Å². The second kappa shape index (κ2) is 6.32. The smallest absolute Gasteiger partial charge is 0.214 e. The summed E-state index contributed by atoms with van der Waals surface area (Å²) in [7, 11) is -3.32. The first-order valence-electron chi connectivity index (χ1n) is 6.86. The van der Waals surface area contributed by atoms with Gasteiger partial charge in [-0.1, -0.05) is 19.3 Å². The molecule has 6 heteroatoms. The Labute approximate surface area is 109 Å². The lowest BCUT2D eigenvalue weighted by atomic mass is 10.1. The van der Waals surface area contributed by atoms with Crippen molar-refractivity contribution >= 4 is 10.0 Å². The van der Waals surface area contributed by atoms with Crippen LogP contribution in [0.15, 0.2) is 0 Å². The Morgan fingerprint density at radius 3 is 2.39 bits per heavy atom. The van der Waals surface area contributed by atoms with E-state index in [0.717, 1.165) is 25.7 Å². The Morgan fingerprint density at radius 1 is 1.00 bits per heavy atom. The molecule has 5 nitrogen and oxygen atoms in total. The van der Waals surface area contributed by atoms with E-state index in [1.165, 1.54) is 0 Å². The Bertz CT molecular complexity index is 351. The topological polar surface area (TPSA) is 75.6 Å². The highest BCUT2D eigenvalue weighted by Crippen LogP contribution is 2.21. The van der Waals surface area contributed by atoms with Gasteiger partial charge in [-0.3, -0.25) is 0 Å². The molecule has 2 aliphatic rings. The Kier molecular flexibility index (Phi) is 5.00. The van der Waals surface area contributed by atoms with Crippen LogP contribution < -0.4 is 4.72 Å². The van der Waals surface area contributed by atoms with Crippen molar-refractivity contribution < 1.29 is 18.3 Å². The normalized spacial score (nSPS) is 32.1. The number of nitrogens with one attached hydrogen (secondary N) is 1. The number of ether oxygens (including phenoxy) is 1. The van der Waals surface area contributed by atoms with Crippen LogP contribution in [-0.4, -0.2) is 44.1 Å². The third kappa shape index (κ3) is 3.66. The summed E-state index contributed by atoms with van der Waals surface area (Å²) in [5, 5.41) is 9.60. The summed E-state index contributed by atoms with van der Waals surface area (Å²) in [6.45, 7) is 1.03. The fraction of sp³-hybridized carbons (Fsp3) is 1.00. The molecule has 0 aromatic heterocycles. The van der Waals surface area contributed by atoms with Crippen LogP contribution >= 0.6 is 0 Å². The van der Waals surface area contributed by atoms with Crippen LogP contribution in [0, 0.1) is 0 Å². The number of rotatable bonds is 3. The fourth-order valence-corrected chi connectivity index (χ4v) is 4.42. The van der Waals surface area contributed by atoms with Crippen molar-refractivity contribution in [1.82, 2.24) is 4.72 Å². The molecule has 1 heterocycles. The molecule has 0 amide bonds. The zero-order chi connectivity index (χ0) is 13.0. The van der Waals surface area contributed by atoms with Crippen molar-refractivity contribution in [2.24, 2.45) is 0 Å². The predicted molar refractivity (Wildman–Crippen MR) is 68.8 cm³/mol. The number of hydrogen-bond donors (Lipinski definition) is 2. The van der Waals surface area contributed by atoms with Crippen LogP contribution in [0.3, 0.4) is 0 Å². The summed E-state index contributed by atoms with van der Waals surface area (Å²) in [5.41, 5.74) is 0. The van der Waals surface area contributed by atoms with Crippen LogP contribution in [0.4, 0.5) is 0 Å². The first-order chi connectivity index (χ1) is 8.59. The standard InChI is InChI=1S/C12H23NO4S/c14-12-5-3-1-2-4-11(12)13-18(15,16)10-6-8-17-9-7-10/h10-14H,1-9H2. The molecule has 2 unspecified atom stereocenters. The molecule has 2 rings (SSSR count). The number of aliphatic hydroxyl groups excluding tert-OH is 1. The van der Waals surface area contributed by atoms with Gasteiger partial charge >= 0.3 is 0 Å². The average molecular weight is 277 g/mol. The molecule has 1 aliphatic heterocycles. The van der Waals surface area contributed by atoms with Crippen LogP contribution in [0.1, 0.15) is 44.9 Å². The van der Waals surface area contributed by atoms with Crippen LogP contribution in [-0.2, 0) is 14.8 Å². The lowest BCUT2D eigenvalue weighted by molar-refractivity contribution is 0.0973. The van der Waals surface area contributed by atoms with E-state index >= 15 is 0 Å². The molecule has 2 N–H and O–H groups in total. The predicted octanol–water partition coefficient (Wildman–Crippen LogP) is 0.778. The third-order valence-electron chi connectivity index (χ3n) is 3.90. The molecular formula is C12H23NO4S. The summed E-state index contributed by atoms with van der Waals surface area (Å²) < 4.78 is 32.4. The SMILES string of the molecule is O=S(=O)(NC1CCCCCC1O)C1CCOCC1. The minimum atomic E-state index is -3.32. The van der Waals surface area contributed by atoms with Crippen molar-refractivity contribution in [1.29, 1.82) is 0 Å². The molecule has 0 radical (unpaired) electrons. The lowest BCUT2D eigenvalue weighted by Crippen LogP contribution is -2.47. The summed E-state index contributed by atoms with van der Waals surface area (Å²) in [6.07, 6.45) is 5.05. The number of sulfonamides is 1. The molecule has 1 saturated carbocycles. The van der Waals surface area contributed by atoms with E-state index in [2.05, 4.69) is 4.72 Å². The van der Waals surface area contributed by atoms with Gasteiger partial charge in [0.25, 0.3) is 0 Å². The van der Waals surface area contributed by atoms with Crippen LogP contribution in [0.25, 0.3) is 0 Å². The monoisotopic (exact) mass is 277 g/mol. The molecule has 0 bridgehead atoms. The highest BCUT2D eigenvalue weighted by atomic mass is 32.2. The second-order valence-corrected chi connectivity index (χ2v) is 7.28. The Hall–Kier alpha value is -0.170. The maximum atomic E-state index is 12.2. The van der Waals surface area contributed by atoms with E-state index in [-0.39, 0.29) is 11.3 Å². The van der Waals surface area contributed by atoms with E-state index in [1.54, 1.807) is 0 Å². The Morgan fingerprint density at radius 2 is 1.67 bits per heavy atom. The molecular weight excluding hydrogens is 254 g/mol. The minimum absolute atomic E-state index is 0.305. The molecule has 2 atom stereocenters. The van der Waals surface area contributed by atoms with Gasteiger partial charge in [-0.25, -0.2) is 13.1 Å². The van der Waals surface area contributed by atoms with Gasteiger partial charge in [0.05, 0.1) is 11.4 Å². The molecule has 1 aliphatic carbocycles. The molecule has 0 spiro atoms. The number of aliphatic hydroxyl groups is 1. The van der Waals surface area contributed by atoms with Crippen molar-refractivity contribution in [3.63, 3.8) is 0 Å². The van der Waals surface area contributed by atoms with E-state index in [1.807, 2.05) is 0 Å². The first-order valence-corrected chi connectivity index (χ1v) is 8.41. The van der Waals surface area contributed by atoms with Crippen molar-refractivity contribution in [3.05, 3.63) is 0 Å². The van der Waals surface area contributed by atoms with Crippen LogP contribution in [0.5, 0.6) is 0 Å². The van der Waals surface area contributed by atoms with E-state index in [4.69, 9.17) is 4.74 Å². The maximum Gasteiger partial charge on any atom is 0.214 e. The minimum Gasteiger partial charge on any atom is -0.391 e. The maximum absolute atomic E-state index is 12.2. The van der Waals surface area contributed by atoms with Gasteiger partial charge in [0.2, 0.25) is 10.0 Å². The highest BCUT2D eigenvalue weighted by Gasteiger charge is 2.32. The van der Waals surface area contributed by atoms with Crippen molar-refractivity contribution in [2.75, 3.05) is 13.2 Å². The van der Waals surface area contributed by atoms with E-state index in [9.17, 15) is 13.5 Å². The van der Waals surface area contributed by atoms with Crippen molar-refractivity contribution in [2.45, 2.75) is 62.3 Å². The molecule has 0 aromatic carbocycles. The Balaban J connectivity index is 1.97. The second-order valence-electron chi connectivity index (χ2n) is 5.29. The number of hydrogen-bond acceptors (Lipinski definition) is 4. The molecule has 18 heavy (non-hydrogen) atoms. The van der Waals surface area contributed by atoms with Gasteiger partial charge in [-0.15, -0.1) is 0 Å². The van der Waals surface area contributed by atoms with E-state index < -0.39 is 16.1 Å². The summed E-state index contributed by atoms with van der Waals surface area (Å²) in [4.78, 5) is 0. The zero-order valence-electron chi connectivity index (χ0n) is 10.7. The quantitative estimate of drug-likeness (QED) is 0.747. The average Bonchev–Trinajstić information content (AvgIpc) is 2.56. The summed E-state index contributed by atoms with van der Waals surface area (Å²) in [6, 6.07) is -0.305. The molecule has 1 saturated heterocycles. The third-order valence-corrected chi connectivity index (χ3v) is 5.88. The summed E-state index contributed by atoms with van der Waals surface area (Å²) in [5.74, 6) is 0. The molecule has 0 aromatic rings. The van der Waals surface area contributed by atoms with Gasteiger partial charge in [-0.2, -0.15) is 0 Å². The van der Waals surface area contributed by atoms with Crippen LogP contribution in [0.2, 0.25) is 0 Å². The summed E-state index contributed by atoms with van der Waals surface area (Å²) >= 11 is 0. The zero-order valence-corrected chi connectivity index (χ0v) is 11.5. The van der Waals surface area contributed by atoms with Gasteiger partial charge in [0, 0.05) is 19.3 Å². The largest absolute Gasteiger partial charge is 0.391 e. The lowest BCUT2D eigenvalue weighted by Gasteiger charge is -2.27. The highest BCUT2D eigenvalue weighted by molar-refractivity contribution is 7.90. The fourth-order valence-electron chi connectivity index (χ4n) is 2.72. The van der Waals surface area contributed by atoms with E-state index in [0.29, 0.717) is 32.5 Å². The van der Waals surface area contributed by atoms with Gasteiger partial charge in [0.1, 0.15) is 0 Å². The van der Waals surface area contributed by atoms with Gasteiger partial charge in [-0.05, 0) is 25.7 Å². The first kappa shape index (κ1) is 14.2. The van der Waals surface area contributed by atoms with Gasteiger partial charge in [0.15, 0.2) is 0 Å². The molecule has 106 valence electrons. The van der Waals surface area contributed by atoms with Gasteiger partial charge < -0.3 is 9.84 Å². The molecule has 2 fully saturated rings.